The quantitative estimate of drug-likeness (QED) is 0.868. The minimum atomic E-state index is -0.129. The van der Waals surface area contributed by atoms with Gasteiger partial charge in [-0.3, -0.25) is 9.89 Å². The van der Waals surface area contributed by atoms with Crippen molar-refractivity contribution in [1.29, 1.82) is 0 Å². The highest BCUT2D eigenvalue weighted by Gasteiger charge is 2.28. The highest BCUT2D eigenvalue weighted by atomic mass is 16.2. The van der Waals surface area contributed by atoms with Gasteiger partial charge >= 0.3 is 6.03 Å². The van der Waals surface area contributed by atoms with E-state index in [1.165, 1.54) is 0 Å². The first-order chi connectivity index (χ1) is 10.6. The third kappa shape index (κ3) is 3.23. The van der Waals surface area contributed by atoms with Crippen molar-refractivity contribution in [3.63, 3.8) is 0 Å². The van der Waals surface area contributed by atoms with Crippen molar-refractivity contribution in [2.24, 2.45) is 0 Å². The molecule has 0 radical (unpaired) electrons. The molecule has 3 rings (SSSR count). The van der Waals surface area contributed by atoms with Crippen LogP contribution in [0.15, 0.2) is 6.07 Å². The Hall–Kier alpha value is -2.05. The predicted octanol–water partition coefficient (Wildman–Crippen LogP) is 0.839. The molecule has 0 aromatic carbocycles. The number of urea groups is 1. The molecule has 0 spiro atoms. The first kappa shape index (κ1) is 14.9. The van der Waals surface area contributed by atoms with Gasteiger partial charge in [-0.15, -0.1) is 0 Å². The Bertz CT molecular complexity index is 556. The highest BCUT2D eigenvalue weighted by molar-refractivity contribution is 5.84. The predicted molar refractivity (Wildman–Crippen MR) is 81.5 cm³/mol. The van der Waals surface area contributed by atoms with Crippen molar-refractivity contribution >= 4 is 11.9 Å². The van der Waals surface area contributed by atoms with E-state index in [1.54, 1.807) is 4.90 Å². The Morgan fingerprint density at radius 2 is 2.27 bits per heavy atom. The van der Waals surface area contributed by atoms with E-state index in [4.69, 9.17) is 0 Å². The summed E-state index contributed by atoms with van der Waals surface area (Å²) >= 11 is 0. The maximum absolute atomic E-state index is 12.5. The molecule has 2 N–H and O–H groups in total. The second-order valence-corrected chi connectivity index (χ2v) is 6.16. The summed E-state index contributed by atoms with van der Waals surface area (Å²) < 4.78 is 0. The molecule has 7 heteroatoms. The summed E-state index contributed by atoms with van der Waals surface area (Å²) in [7, 11) is 0. The lowest BCUT2D eigenvalue weighted by Gasteiger charge is -2.34. The number of likely N-dealkylation sites (tertiary alicyclic amines) is 1. The van der Waals surface area contributed by atoms with E-state index in [1.807, 2.05) is 11.8 Å². The third-order valence-electron chi connectivity index (χ3n) is 4.41. The van der Waals surface area contributed by atoms with E-state index in [0.29, 0.717) is 19.6 Å². The smallest absolute Gasteiger partial charge is 0.317 e. The van der Waals surface area contributed by atoms with Gasteiger partial charge < -0.3 is 15.1 Å². The van der Waals surface area contributed by atoms with Crippen LogP contribution in [-0.2, 0) is 4.79 Å². The van der Waals surface area contributed by atoms with Crippen molar-refractivity contribution < 1.29 is 9.59 Å². The Labute approximate surface area is 130 Å². The molecule has 3 amide bonds. The monoisotopic (exact) mass is 305 g/mol. The van der Waals surface area contributed by atoms with Gasteiger partial charge in [-0.05, 0) is 32.3 Å². The highest BCUT2D eigenvalue weighted by Crippen LogP contribution is 2.26. The number of aromatic nitrogens is 2. The maximum atomic E-state index is 12.5. The van der Waals surface area contributed by atoms with Crippen molar-refractivity contribution in [3.05, 3.63) is 17.5 Å². The number of H-pyrrole nitrogens is 1. The Kier molecular flexibility index (Phi) is 4.31. The average Bonchev–Trinajstić information content (AvgIpc) is 2.96. The summed E-state index contributed by atoms with van der Waals surface area (Å²) in [6, 6.07) is 1.92. The van der Waals surface area contributed by atoms with E-state index >= 15 is 0 Å². The number of hydrogen-bond acceptors (Lipinski definition) is 3. The van der Waals surface area contributed by atoms with Gasteiger partial charge in [0.25, 0.3) is 0 Å². The van der Waals surface area contributed by atoms with Crippen LogP contribution >= 0.6 is 0 Å². The van der Waals surface area contributed by atoms with E-state index in [0.717, 1.165) is 37.2 Å². The molecule has 0 aliphatic carbocycles. The zero-order valence-electron chi connectivity index (χ0n) is 13.0. The van der Waals surface area contributed by atoms with Crippen molar-refractivity contribution in [1.82, 2.24) is 25.3 Å². The second-order valence-electron chi connectivity index (χ2n) is 6.16. The SMILES string of the molecule is Cc1cc([C@@H]2CCCN(C(=O)CN3CCCNC3=O)C2)n[nH]1. The van der Waals surface area contributed by atoms with Gasteiger partial charge in [0, 0.05) is 37.8 Å². The van der Waals surface area contributed by atoms with Crippen LogP contribution in [-0.4, -0.2) is 64.7 Å². The number of hydrogen-bond donors (Lipinski definition) is 2. The molecule has 120 valence electrons. The van der Waals surface area contributed by atoms with E-state index in [9.17, 15) is 9.59 Å². The van der Waals surface area contributed by atoms with Gasteiger partial charge in [0.1, 0.15) is 6.54 Å². The second kappa shape index (κ2) is 6.37. The number of rotatable bonds is 3. The lowest BCUT2D eigenvalue weighted by molar-refractivity contribution is -0.133. The lowest BCUT2D eigenvalue weighted by atomic mass is 9.94. The van der Waals surface area contributed by atoms with Gasteiger partial charge in [0.05, 0.1) is 5.69 Å². The van der Waals surface area contributed by atoms with E-state index in [2.05, 4.69) is 21.6 Å². The number of amides is 3. The molecule has 7 nitrogen and oxygen atoms in total. The minimum Gasteiger partial charge on any atom is -0.340 e. The lowest BCUT2D eigenvalue weighted by Crippen LogP contribution is -2.51. The standard InChI is InChI=1S/C15H23N5O2/c1-11-8-13(18-17-11)12-4-2-6-19(9-12)14(21)10-20-7-3-5-16-15(20)22/h8,12H,2-7,9-10H2,1H3,(H,16,22)(H,17,18)/t12-/m1/s1. The zero-order valence-corrected chi connectivity index (χ0v) is 13.0. The molecule has 0 saturated carbocycles. The van der Waals surface area contributed by atoms with Crippen LogP contribution in [0, 0.1) is 6.92 Å². The molecule has 2 aliphatic rings. The summed E-state index contributed by atoms with van der Waals surface area (Å²) in [5, 5.41) is 10.1. The molecule has 2 aliphatic heterocycles. The number of piperidine rings is 1. The molecule has 0 unspecified atom stereocenters. The van der Waals surface area contributed by atoms with Gasteiger partial charge in [-0.2, -0.15) is 5.10 Å². The molecule has 3 heterocycles. The van der Waals surface area contributed by atoms with Crippen molar-refractivity contribution in [3.8, 4) is 0 Å². The normalized spacial score (nSPS) is 22.6. The van der Waals surface area contributed by atoms with Crippen LogP contribution < -0.4 is 5.32 Å². The van der Waals surface area contributed by atoms with Crippen LogP contribution in [0.2, 0.25) is 0 Å². The zero-order chi connectivity index (χ0) is 15.5. The van der Waals surface area contributed by atoms with Crippen LogP contribution in [0.1, 0.15) is 36.6 Å². The topological polar surface area (TPSA) is 81.3 Å². The summed E-state index contributed by atoms with van der Waals surface area (Å²) in [5.41, 5.74) is 2.08. The molecule has 1 aromatic rings. The largest absolute Gasteiger partial charge is 0.340 e. The fraction of sp³-hybridized carbons (Fsp3) is 0.667. The van der Waals surface area contributed by atoms with Crippen molar-refractivity contribution in [2.45, 2.75) is 32.1 Å². The van der Waals surface area contributed by atoms with Gasteiger partial charge in [-0.25, -0.2) is 4.79 Å². The first-order valence-corrected chi connectivity index (χ1v) is 7.96. The molecule has 2 fully saturated rings. The molecule has 22 heavy (non-hydrogen) atoms. The number of carbonyl (C=O) groups is 2. The van der Waals surface area contributed by atoms with E-state index < -0.39 is 0 Å². The Morgan fingerprint density at radius 3 is 3.00 bits per heavy atom. The van der Waals surface area contributed by atoms with E-state index in [-0.39, 0.29) is 24.4 Å². The molecule has 1 aromatic heterocycles. The Morgan fingerprint density at radius 1 is 1.41 bits per heavy atom. The Balaban J connectivity index is 1.59. The van der Waals surface area contributed by atoms with Gasteiger partial charge in [0.15, 0.2) is 0 Å². The number of aryl methyl sites for hydroxylation is 1. The van der Waals surface area contributed by atoms with Crippen molar-refractivity contribution in [2.75, 3.05) is 32.7 Å². The fourth-order valence-electron chi connectivity index (χ4n) is 3.19. The fourth-order valence-corrected chi connectivity index (χ4v) is 3.19. The molecule has 0 bridgehead atoms. The summed E-state index contributed by atoms with van der Waals surface area (Å²) in [6.07, 6.45) is 2.93. The molecule has 1 atom stereocenters. The van der Waals surface area contributed by atoms with Gasteiger partial charge in [0.2, 0.25) is 5.91 Å². The number of carbonyl (C=O) groups excluding carboxylic acids is 2. The van der Waals surface area contributed by atoms with Crippen LogP contribution in [0.5, 0.6) is 0 Å². The van der Waals surface area contributed by atoms with Gasteiger partial charge in [-0.1, -0.05) is 0 Å². The third-order valence-corrected chi connectivity index (χ3v) is 4.41. The first-order valence-electron chi connectivity index (χ1n) is 7.96. The summed E-state index contributed by atoms with van der Waals surface area (Å²) in [5.74, 6) is 0.326. The summed E-state index contributed by atoms with van der Waals surface area (Å²) in [6.45, 7) is 4.99. The maximum Gasteiger partial charge on any atom is 0.317 e. The van der Waals surface area contributed by atoms with Crippen LogP contribution in [0.4, 0.5) is 4.79 Å². The molecular weight excluding hydrogens is 282 g/mol. The number of nitrogens with zero attached hydrogens (tertiary/aromatic N) is 3. The molecular formula is C15H23N5O2. The van der Waals surface area contributed by atoms with Crippen LogP contribution in [0.25, 0.3) is 0 Å². The molecule has 2 saturated heterocycles. The minimum absolute atomic E-state index is 0.0361. The van der Waals surface area contributed by atoms with Crippen LogP contribution in [0.3, 0.4) is 0 Å². The summed E-state index contributed by atoms with van der Waals surface area (Å²) in [4.78, 5) is 27.7. The average molecular weight is 305 g/mol. The number of nitrogens with one attached hydrogen (secondary N) is 2. The number of aromatic amines is 1.